The predicted molar refractivity (Wildman–Crippen MR) is 334 cm³/mol. The monoisotopic (exact) mass is 1270 g/mol. The number of H-pyrrole nitrogens is 1. The van der Waals surface area contributed by atoms with Crippen molar-refractivity contribution in [3.8, 4) is 31.3 Å². The lowest BCUT2D eigenvalue weighted by molar-refractivity contribution is 0.0511. The number of nitrogens with one attached hydrogen (secondary N) is 1. The zero-order chi connectivity index (χ0) is 57.0. The maximum atomic E-state index is 12.3. The van der Waals surface area contributed by atoms with Gasteiger partial charge in [-0.2, -0.15) is 10.2 Å². The highest BCUT2D eigenvalue weighted by molar-refractivity contribution is 9.08. The molecular formula is C60H47BrCl4N8O5S3. The number of benzene rings is 3. The minimum absolute atomic E-state index is 0.187. The number of aromatic nitrogens is 7. The zero-order valence-electron chi connectivity index (χ0n) is 43.2. The van der Waals surface area contributed by atoms with Crippen LogP contribution in [0.3, 0.4) is 0 Å². The number of primary amides is 1. The molecule has 21 heteroatoms. The molecular weight excluding hydrogens is 1230 g/mol. The quantitative estimate of drug-likeness (QED) is 0.0825. The Labute approximate surface area is 506 Å². The number of halogens is 5. The minimum atomic E-state index is -0.562. The maximum Gasteiger partial charge on any atom is 0.360 e. The van der Waals surface area contributed by atoms with Crippen LogP contribution in [0.4, 0.5) is 0 Å². The molecule has 3 aromatic carbocycles. The lowest BCUT2D eigenvalue weighted by Gasteiger charge is -2.05. The van der Waals surface area contributed by atoms with Gasteiger partial charge in [0.25, 0.3) is 5.91 Å². The van der Waals surface area contributed by atoms with Crippen LogP contribution in [0.25, 0.3) is 61.6 Å². The van der Waals surface area contributed by atoms with Crippen molar-refractivity contribution in [1.29, 1.82) is 0 Å². The van der Waals surface area contributed by atoms with E-state index >= 15 is 0 Å². The molecule has 0 radical (unpaired) electrons. The molecule has 12 rings (SSSR count). The first-order valence-electron chi connectivity index (χ1n) is 25.1. The topological polar surface area (TPSA) is 189 Å². The number of nitrogens with two attached hydrogens (primary N) is 1. The molecule has 0 saturated carbocycles. The van der Waals surface area contributed by atoms with Gasteiger partial charge in [0.15, 0.2) is 22.2 Å². The Kier molecular flexibility index (Phi) is 20.1. The lowest BCUT2D eigenvalue weighted by atomic mass is 10.1. The first-order chi connectivity index (χ1) is 39.3. The number of carbonyl (C=O) groups excluding carboxylic acids is 3. The number of esters is 2. The lowest BCUT2D eigenvalue weighted by Crippen LogP contribution is -2.14. The summed E-state index contributed by atoms with van der Waals surface area (Å²) in [6.07, 6.45) is 20.0. The fourth-order valence-electron chi connectivity index (χ4n) is 8.36. The van der Waals surface area contributed by atoms with Gasteiger partial charge >= 0.3 is 11.9 Å². The molecule has 0 spiro atoms. The molecule has 0 bridgehead atoms. The number of allylic oxidation sites excluding steroid dienone is 8. The highest BCUT2D eigenvalue weighted by atomic mass is 79.9. The summed E-state index contributed by atoms with van der Waals surface area (Å²) in [5, 5.41) is 30.4. The molecule has 2 aliphatic carbocycles. The molecule has 10 aromatic rings. The van der Waals surface area contributed by atoms with Crippen LogP contribution >= 0.6 is 96.3 Å². The van der Waals surface area contributed by atoms with Gasteiger partial charge in [-0.15, -0.1) is 54.4 Å². The van der Waals surface area contributed by atoms with E-state index in [4.69, 9.17) is 61.6 Å². The number of alkyl halides is 1. The van der Waals surface area contributed by atoms with Crippen molar-refractivity contribution in [2.24, 2.45) is 5.73 Å². The maximum absolute atomic E-state index is 12.3. The predicted octanol–water partition coefficient (Wildman–Crippen LogP) is 16.9. The Hall–Kier alpha value is -6.93. The summed E-state index contributed by atoms with van der Waals surface area (Å²) < 4.78 is 12.4. The average Bonchev–Trinajstić information content (AvgIpc) is 4.48. The van der Waals surface area contributed by atoms with Crippen LogP contribution in [-0.2, 0) is 27.6 Å². The Bertz CT molecular complexity index is 4030. The molecule has 13 nitrogen and oxygen atoms in total. The van der Waals surface area contributed by atoms with Gasteiger partial charge in [0.2, 0.25) is 0 Å². The van der Waals surface area contributed by atoms with Gasteiger partial charge in [-0.25, -0.2) is 9.59 Å². The first-order valence-corrected chi connectivity index (χ1v) is 30.2. The van der Waals surface area contributed by atoms with E-state index in [2.05, 4.69) is 100 Å². The summed E-state index contributed by atoms with van der Waals surface area (Å²) >= 11 is 31.7. The minimum Gasteiger partial charge on any atom is -0.461 e. The SMILES string of the molecule is BrCc1cc[nH]c1.CCOC(=O)c1nnc(CC2=CCC=C2)c2cc(-c3ccc(Cl)cc3)sc12.CCOC(=O)c1nnc(Cl)c2cc(-c3ccc(Cl)cc3)sc12.NC(=O)c1nnc(CC2=CCC=C2)c2cc(-c3ccc(Cl)cc3)sc12. The number of rotatable bonds is 13. The van der Waals surface area contributed by atoms with Crippen molar-refractivity contribution >= 4 is 144 Å². The van der Waals surface area contributed by atoms with Gasteiger partial charge < -0.3 is 20.2 Å². The van der Waals surface area contributed by atoms with Crippen LogP contribution in [0.1, 0.15) is 75.1 Å². The first kappa shape index (κ1) is 58.7. The summed E-state index contributed by atoms with van der Waals surface area (Å²) in [6, 6.07) is 30.8. The number of ether oxygens (including phenoxy) is 2. The highest BCUT2D eigenvalue weighted by Crippen LogP contribution is 2.40. The van der Waals surface area contributed by atoms with Crippen LogP contribution in [0.2, 0.25) is 20.2 Å². The van der Waals surface area contributed by atoms with Crippen molar-refractivity contribution in [2.45, 2.75) is 44.9 Å². The molecule has 7 heterocycles. The van der Waals surface area contributed by atoms with E-state index in [0.717, 1.165) is 81.1 Å². The van der Waals surface area contributed by atoms with Gasteiger partial charge in [-0.05, 0) is 121 Å². The number of thiophene rings is 3. The van der Waals surface area contributed by atoms with Crippen LogP contribution in [-0.4, -0.2) is 66.6 Å². The molecule has 0 fully saturated rings. The summed E-state index contributed by atoms with van der Waals surface area (Å²) in [5.41, 5.74) is 14.7. The Morgan fingerprint density at radius 1 is 0.568 bits per heavy atom. The molecule has 7 aromatic heterocycles. The molecule has 3 N–H and O–H groups in total. The Balaban J connectivity index is 0.000000139. The van der Waals surface area contributed by atoms with Gasteiger partial charge in [0.05, 0.1) is 38.7 Å². The number of hydrogen-bond acceptors (Lipinski definition) is 14. The molecule has 1 amide bonds. The Morgan fingerprint density at radius 3 is 1.35 bits per heavy atom. The van der Waals surface area contributed by atoms with E-state index in [-0.39, 0.29) is 28.8 Å². The largest absolute Gasteiger partial charge is 0.461 e. The number of nitrogens with zero attached hydrogens (tertiary/aromatic N) is 6. The van der Waals surface area contributed by atoms with Crippen molar-refractivity contribution in [1.82, 2.24) is 35.6 Å². The van der Waals surface area contributed by atoms with Crippen molar-refractivity contribution in [2.75, 3.05) is 13.2 Å². The molecule has 0 saturated heterocycles. The molecule has 0 aliphatic heterocycles. The number of carbonyl (C=O) groups is 3. The number of fused-ring (bicyclic) bond motifs is 3. The summed E-state index contributed by atoms with van der Waals surface area (Å²) in [4.78, 5) is 42.0. The number of aromatic amines is 1. The van der Waals surface area contributed by atoms with E-state index in [9.17, 15) is 14.4 Å². The average molecular weight is 1280 g/mol. The normalized spacial score (nSPS) is 12.3. The molecule has 0 atom stereocenters. The van der Waals surface area contributed by atoms with Gasteiger partial charge in [0, 0.05) is 76.4 Å². The third-order valence-corrected chi connectivity index (χ3v) is 17.5. The van der Waals surface area contributed by atoms with Crippen LogP contribution in [0.5, 0.6) is 0 Å². The van der Waals surface area contributed by atoms with Crippen molar-refractivity contribution < 1.29 is 23.9 Å². The summed E-state index contributed by atoms with van der Waals surface area (Å²) in [7, 11) is 0. The third kappa shape index (κ3) is 14.6. The smallest absolute Gasteiger partial charge is 0.360 e. The van der Waals surface area contributed by atoms with Crippen molar-refractivity contribution in [3.05, 3.63) is 211 Å². The second kappa shape index (κ2) is 27.7. The summed E-state index contributed by atoms with van der Waals surface area (Å²) in [5.74, 6) is -1.50. The Morgan fingerprint density at radius 2 is 0.975 bits per heavy atom. The van der Waals surface area contributed by atoms with Crippen LogP contribution in [0.15, 0.2) is 157 Å². The van der Waals surface area contributed by atoms with E-state index in [1.54, 1.807) is 13.8 Å². The second-order valence-electron chi connectivity index (χ2n) is 17.8. The van der Waals surface area contributed by atoms with Crippen molar-refractivity contribution in [3.63, 3.8) is 0 Å². The fraction of sp³-hybridized carbons (Fsp3) is 0.150. The van der Waals surface area contributed by atoms with Gasteiger partial charge in [-0.1, -0.05) is 135 Å². The standard InChI is InChI=1S/C21H17ClN2O2S.C19H14ClN3OS.C15H10Cl2N2O2S.C5H6BrN/c1-2-26-21(25)19-20-16(17(23-24-19)11-13-5-3-4-6-13)12-18(27-20)14-7-9-15(22)10-8-14;20-13-7-5-12(6-8-13)16-10-14-15(9-11-3-1-2-4-11)22-23-17(19(21)24)18(14)25-16;1-2-21-15(20)12-13-10(14(17)19-18-12)7-11(22-13)8-3-5-9(16)6-4-8;6-3-5-1-2-7-4-5/h3,5-10,12H,2,4,11H2,1H3;1,3-8,10H,2,9H2,(H2,21,24);3-7H,2H2,1H3;1-2,4,7H,3H2. The molecule has 81 heavy (non-hydrogen) atoms. The second-order valence-corrected chi connectivity index (χ2v) is 23.1. The molecule has 2 aliphatic rings. The van der Waals surface area contributed by atoms with E-state index < -0.39 is 17.8 Å². The van der Waals surface area contributed by atoms with Crippen LogP contribution in [0, 0.1) is 0 Å². The molecule has 0 unspecified atom stereocenters. The van der Waals surface area contributed by atoms with E-state index in [0.29, 0.717) is 44.6 Å². The van der Waals surface area contributed by atoms with Gasteiger partial charge in [0.1, 0.15) is 0 Å². The van der Waals surface area contributed by atoms with Gasteiger partial charge in [-0.3, -0.25) is 4.79 Å². The third-order valence-electron chi connectivity index (χ3n) is 12.3. The summed E-state index contributed by atoms with van der Waals surface area (Å²) in [6.45, 7) is 4.10. The zero-order valence-corrected chi connectivity index (χ0v) is 50.3. The van der Waals surface area contributed by atoms with E-state index in [1.807, 2.05) is 97.3 Å². The van der Waals surface area contributed by atoms with Crippen LogP contribution < -0.4 is 5.73 Å². The fourth-order valence-corrected chi connectivity index (χ4v) is 12.8. The number of amides is 1. The number of hydrogen-bond donors (Lipinski definition) is 2. The highest BCUT2D eigenvalue weighted by Gasteiger charge is 2.23. The molecule has 410 valence electrons. The van der Waals surface area contributed by atoms with E-state index in [1.165, 1.54) is 50.7 Å².